The fraction of sp³-hybridized carbons (Fsp3) is 0.250. The molecule has 6 nitrogen and oxygen atoms in total. The van der Waals surface area contributed by atoms with Crippen LogP contribution in [0.15, 0.2) is 52.9 Å². The molecule has 0 aliphatic carbocycles. The molecule has 0 saturated carbocycles. The molecule has 0 radical (unpaired) electrons. The molecule has 8 heteroatoms. The second-order valence-corrected chi connectivity index (χ2v) is 9.81. The molecule has 0 aliphatic rings. The van der Waals surface area contributed by atoms with E-state index in [2.05, 4.69) is 33.0 Å². The van der Waals surface area contributed by atoms with Crippen molar-refractivity contribution in [1.29, 1.82) is 0 Å². The maximum atomic E-state index is 12.9. The van der Waals surface area contributed by atoms with Crippen molar-refractivity contribution >= 4 is 51.8 Å². The van der Waals surface area contributed by atoms with Crippen LogP contribution in [0.5, 0.6) is 0 Å². The Morgan fingerprint density at radius 1 is 1.06 bits per heavy atom. The molecular weight excluding hydrogens is 440 g/mol. The summed E-state index contributed by atoms with van der Waals surface area (Å²) >= 11 is 2.61. The second-order valence-electron chi connectivity index (χ2n) is 7.38. The predicted octanol–water partition coefficient (Wildman–Crippen LogP) is 5.62. The van der Waals surface area contributed by atoms with E-state index in [0.717, 1.165) is 22.4 Å². The molecule has 32 heavy (non-hydrogen) atoms. The van der Waals surface area contributed by atoms with Gasteiger partial charge in [-0.25, -0.2) is 0 Å². The van der Waals surface area contributed by atoms with Crippen molar-refractivity contribution in [2.75, 3.05) is 10.6 Å². The van der Waals surface area contributed by atoms with E-state index >= 15 is 0 Å². The van der Waals surface area contributed by atoms with Gasteiger partial charge < -0.3 is 5.32 Å². The largest absolute Gasteiger partial charge is 0.325 e. The number of carbonyl (C=O) groups is 2. The zero-order valence-corrected chi connectivity index (χ0v) is 20.1. The summed E-state index contributed by atoms with van der Waals surface area (Å²) in [5.74, 6) is -0.351. The predicted molar refractivity (Wildman–Crippen MR) is 133 cm³/mol. The highest BCUT2D eigenvalue weighted by atomic mass is 32.2. The van der Waals surface area contributed by atoms with Gasteiger partial charge in [-0.05, 0) is 50.0 Å². The van der Waals surface area contributed by atoms with E-state index in [1.807, 2.05) is 58.0 Å². The van der Waals surface area contributed by atoms with Crippen LogP contribution in [0.3, 0.4) is 0 Å². The average Bonchev–Trinajstić information content (AvgIpc) is 3.20. The summed E-state index contributed by atoms with van der Waals surface area (Å²) < 4.78 is 0.631. The molecule has 1 aromatic heterocycles. The Balaban J connectivity index is 1.60. The molecule has 0 bridgehead atoms. The normalized spacial score (nSPS) is 12.0. The summed E-state index contributed by atoms with van der Waals surface area (Å²) in [6, 6.07) is 13.7. The van der Waals surface area contributed by atoms with Crippen molar-refractivity contribution < 1.29 is 9.59 Å². The number of nitrogens with zero attached hydrogens (tertiary/aromatic N) is 2. The Morgan fingerprint density at radius 3 is 2.41 bits per heavy atom. The molecule has 3 rings (SSSR count). The SMILES string of the molecule is CCC(Sc1nnc(NC(=O)/C=C/c2ccccc2)s1)C(=O)Nc1c(C)cc(C)cc1C. The van der Waals surface area contributed by atoms with E-state index < -0.39 is 0 Å². The minimum Gasteiger partial charge on any atom is -0.325 e. The number of carbonyl (C=O) groups excluding carboxylic acids is 2. The molecule has 166 valence electrons. The molecule has 0 aliphatic heterocycles. The zero-order chi connectivity index (χ0) is 23.1. The maximum Gasteiger partial charge on any atom is 0.250 e. The maximum absolute atomic E-state index is 12.9. The molecule has 3 aromatic rings. The number of nitrogens with one attached hydrogen (secondary N) is 2. The highest BCUT2D eigenvalue weighted by Gasteiger charge is 2.22. The minimum absolute atomic E-state index is 0.0702. The molecular formula is C24H26N4O2S2. The third-order valence-corrected chi connectivity index (χ3v) is 6.98. The Labute approximate surface area is 196 Å². The highest BCUT2D eigenvalue weighted by molar-refractivity contribution is 8.02. The van der Waals surface area contributed by atoms with E-state index in [9.17, 15) is 9.59 Å². The molecule has 1 heterocycles. The number of amides is 2. The van der Waals surface area contributed by atoms with E-state index in [1.54, 1.807) is 6.08 Å². The Kier molecular flexibility index (Phi) is 8.19. The van der Waals surface area contributed by atoms with Crippen molar-refractivity contribution in [2.24, 2.45) is 0 Å². The van der Waals surface area contributed by atoms with Gasteiger partial charge in [-0.2, -0.15) is 0 Å². The first kappa shape index (κ1) is 23.7. The lowest BCUT2D eigenvalue weighted by molar-refractivity contribution is -0.115. The first-order chi connectivity index (χ1) is 15.4. The Morgan fingerprint density at radius 2 is 1.75 bits per heavy atom. The van der Waals surface area contributed by atoms with Crippen molar-refractivity contribution in [2.45, 2.75) is 43.7 Å². The monoisotopic (exact) mass is 466 g/mol. The van der Waals surface area contributed by atoms with Crippen molar-refractivity contribution in [3.8, 4) is 0 Å². The summed E-state index contributed by atoms with van der Waals surface area (Å²) in [7, 11) is 0. The fourth-order valence-corrected chi connectivity index (χ4v) is 5.14. The van der Waals surface area contributed by atoms with E-state index in [-0.39, 0.29) is 17.1 Å². The van der Waals surface area contributed by atoms with Crippen molar-refractivity contribution in [3.63, 3.8) is 0 Å². The van der Waals surface area contributed by atoms with Gasteiger partial charge in [0.2, 0.25) is 16.9 Å². The van der Waals surface area contributed by atoms with Crippen molar-refractivity contribution in [3.05, 3.63) is 70.8 Å². The van der Waals surface area contributed by atoms with Gasteiger partial charge in [-0.3, -0.25) is 14.9 Å². The number of thioether (sulfide) groups is 1. The molecule has 0 saturated heterocycles. The molecule has 1 unspecified atom stereocenters. The van der Waals surface area contributed by atoms with Crippen molar-refractivity contribution in [1.82, 2.24) is 10.2 Å². The first-order valence-electron chi connectivity index (χ1n) is 10.3. The lowest BCUT2D eigenvalue weighted by Crippen LogP contribution is -2.25. The number of hydrogen-bond acceptors (Lipinski definition) is 6. The molecule has 1 atom stereocenters. The van der Waals surface area contributed by atoms with Crippen LogP contribution in [0.2, 0.25) is 0 Å². The Hall–Kier alpha value is -2.97. The average molecular weight is 467 g/mol. The van der Waals surface area contributed by atoms with E-state index in [4.69, 9.17) is 0 Å². The van der Waals surface area contributed by atoms with Crippen LogP contribution in [0, 0.1) is 20.8 Å². The smallest absolute Gasteiger partial charge is 0.250 e. The van der Waals surface area contributed by atoms with Gasteiger partial charge in [0, 0.05) is 11.8 Å². The summed E-state index contributed by atoms with van der Waals surface area (Å²) in [5.41, 5.74) is 5.05. The highest BCUT2D eigenvalue weighted by Crippen LogP contribution is 2.32. The summed E-state index contributed by atoms with van der Waals surface area (Å²) in [5, 5.41) is 14.0. The van der Waals surface area contributed by atoms with Gasteiger partial charge >= 0.3 is 0 Å². The third kappa shape index (κ3) is 6.51. The van der Waals surface area contributed by atoms with Crippen LogP contribution in [0.25, 0.3) is 6.08 Å². The molecule has 2 N–H and O–H groups in total. The molecule has 2 aromatic carbocycles. The van der Waals surface area contributed by atoms with Gasteiger partial charge in [0.1, 0.15) is 0 Å². The Bertz CT molecular complexity index is 1100. The number of aryl methyl sites for hydroxylation is 3. The van der Waals surface area contributed by atoms with E-state index in [0.29, 0.717) is 15.9 Å². The summed E-state index contributed by atoms with van der Waals surface area (Å²) in [6.45, 7) is 8.00. The quantitative estimate of drug-likeness (QED) is 0.256. The summed E-state index contributed by atoms with van der Waals surface area (Å²) in [4.78, 5) is 25.0. The fourth-order valence-electron chi connectivity index (χ4n) is 3.22. The minimum atomic E-state index is -0.315. The van der Waals surface area contributed by atoms with Crippen LogP contribution in [-0.4, -0.2) is 27.3 Å². The van der Waals surface area contributed by atoms with Gasteiger partial charge in [0.05, 0.1) is 5.25 Å². The van der Waals surface area contributed by atoms with Crippen LogP contribution in [0.1, 0.15) is 35.6 Å². The molecule has 2 amide bonds. The number of aromatic nitrogens is 2. The lowest BCUT2D eigenvalue weighted by atomic mass is 10.0. The number of anilines is 2. The number of hydrogen-bond donors (Lipinski definition) is 2. The van der Waals surface area contributed by atoms with Crippen LogP contribution in [-0.2, 0) is 9.59 Å². The van der Waals surface area contributed by atoms with Gasteiger partial charge in [-0.1, -0.05) is 78.1 Å². The lowest BCUT2D eigenvalue weighted by Gasteiger charge is -2.17. The van der Waals surface area contributed by atoms with Crippen LogP contribution >= 0.6 is 23.1 Å². The molecule has 0 spiro atoms. The zero-order valence-electron chi connectivity index (χ0n) is 18.5. The van der Waals surface area contributed by atoms with Gasteiger partial charge in [0.15, 0.2) is 4.34 Å². The second kappa shape index (κ2) is 11.1. The van der Waals surface area contributed by atoms with Crippen LogP contribution < -0.4 is 10.6 Å². The molecule has 0 fully saturated rings. The third-order valence-electron chi connectivity index (χ3n) is 4.69. The standard InChI is InChI=1S/C24H26N4O2S2/c1-5-19(22(30)26-21-16(3)13-15(2)14-17(21)4)31-24-28-27-23(32-24)25-20(29)12-11-18-9-7-6-8-10-18/h6-14,19H,5H2,1-4H3,(H,26,30)(H,25,27,29)/b12-11+. The summed E-state index contributed by atoms with van der Waals surface area (Å²) in [6.07, 6.45) is 3.83. The van der Waals surface area contributed by atoms with Gasteiger partial charge in [-0.15, -0.1) is 10.2 Å². The first-order valence-corrected chi connectivity index (χ1v) is 12.0. The number of benzene rings is 2. The van der Waals surface area contributed by atoms with Gasteiger partial charge in [0.25, 0.3) is 0 Å². The number of rotatable bonds is 8. The topological polar surface area (TPSA) is 84.0 Å². The van der Waals surface area contributed by atoms with E-state index in [1.165, 1.54) is 34.7 Å². The van der Waals surface area contributed by atoms with Crippen LogP contribution in [0.4, 0.5) is 10.8 Å².